The lowest BCUT2D eigenvalue weighted by atomic mass is 10.1. The van der Waals surface area contributed by atoms with E-state index in [2.05, 4.69) is 42.4 Å². The molecule has 0 saturated carbocycles. The highest BCUT2D eigenvalue weighted by Crippen LogP contribution is 2.34. The summed E-state index contributed by atoms with van der Waals surface area (Å²) in [4.78, 5) is 11.9. The first-order valence-electron chi connectivity index (χ1n) is 7.92. The molecule has 0 aromatic heterocycles. The maximum atomic E-state index is 11.9. The minimum atomic E-state index is -0.322. The Bertz CT molecular complexity index is 987. The van der Waals surface area contributed by atoms with Crippen molar-refractivity contribution in [2.75, 3.05) is 6.61 Å². The average molecular weight is 476 g/mol. The van der Waals surface area contributed by atoms with E-state index in [4.69, 9.17) is 4.74 Å². The second-order valence-corrected chi connectivity index (χ2v) is 7.45. The van der Waals surface area contributed by atoms with E-state index in [1.54, 1.807) is 6.21 Å². The van der Waals surface area contributed by atoms with Gasteiger partial charge in [0.25, 0.3) is 5.91 Å². The van der Waals surface area contributed by atoms with Gasteiger partial charge in [-0.3, -0.25) is 4.79 Å². The van der Waals surface area contributed by atoms with Crippen LogP contribution >= 0.6 is 31.9 Å². The summed E-state index contributed by atoms with van der Waals surface area (Å²) in [5.74, 6) is 0.286. The van der Waals surface area contributed by atoms with Crippen molar-refractivity contribution in [1.82, 2.24) is 5.43 Å². The van der Waals surface area contributed by atoms with Gasteiger partial charge in [0.1, 0.15) is 5.75 Å². The van der Waals surface area contributed by atoms with Crippen LogP contribution in [0.15, 0.2) is 68.6 Å². The SMILES string of the molecule is Cc1cccc(C=NNC(=O)COc2ccc3cc(Br)ccc3c2Br)c1. The van der Waals surface area contributed by atoms with Crippen molar-refractivity contribution in [3.8, 4) is 5.75 Å². The van der Waals surface area contributed by atoms with Gasteiger partial charge in [-0.25, -0.2) is 5.43 Å². The molecule has 0 saturated heterocycles. The van der Waals surface area contributed by atoms with Gasteiger partial charge in [0.2, 0.25) is 0 Å². The highest BCUT2D eigenvalue weighted by atomic mass is 79.9. The number of hydrogen-bond donors (Lipinski definition) is 1. The van der Waals surface area contributed by atoms with Crippen LogP contribution < -0.4 is 10.2 Å². The lowest BCUT2D eigenvalue weighted by Crippen LogP contribution is -2.24. The number of amides is 1. The third-order valence-corrected chi connectivity index (χ3v) is 5.00. The summed E-state index contributed by atoms with van der Waals surface area (Å²) in [6.07, 6.45) is 1.61. The smallest absolute Gasteiger partial charge is 0.277 e. The fourth-order valence-corrected chi connectivity index (χ4v) is 3.45. The second-order valence-electron chi connectivity index (χ2n) is 5.74. The first-order chi connectivity index (χ1) is 12.5. The van der Waals surface area contributed by atoms with Crippen molar-refractivity contribution in [2.45, 2.75) is 6.92 Å². The van der Waals surface area contributed by atoms with Gasteiger partial charge in [-0.2, -0.15) is 5.10 Å². The van der Waals surface area contributed by atoms with Gasteiger partial charge in [0.15, 0.2) is 6.61 Å². The summed E-state index contributed by atoms with van der Waals surface area (Å²) in [7, 11) is 0. The van der Waals surface area contributed by atoms with Gasteiger partial charge in [-0.1, -0.05) is 57.9 Å². The van der Waals surface area contributed by atoms with Crippen molar-refractivity contribution < 1.29 is 9.53 Å². The molecule has 3 aromatic carbocycles. The van der Waals surface area contributed by atoms with Crippen molar-refractivity contribution in [3.05, 3.63) is 74.7 Å². The minimum Gasteiger partial charge on any atom is -0.483 e. The molecular formula is C20H16Br2N2O2. The molecular weight excluding hydrogens is 460 g/mol. The van der Waals surface area contributed by atoms with Gasteiger partial charge >= 0.3 is 0 Å². The minimum absolute atomic E-state index is 0.119. The fraction of sp³-hybridized carbons (Fsp3) is 0.100. The van der Waals surface area contributed by atoms with Crippen LogP contribution in [0.3, 0.4) is 0 Å². The summed E-state index contributed by atoms with van der Waals surface area (Å²) >= 11 is 7.00. The van der Waals surface area contributed by atoms with Crippen molar-refractivity contribution in [1.29, 1.82) is 0 Å². The molecule has 26 heavy (non-hydrogen) atoms. The molecule has 0 unspecified atom stereocenters. The van der Waals surface area contributed by atoms with E-state index < -0.39 is 0 Å². The third-order valence-electron chi connectivity index (χ3n) is 3.68. The van der Waals surface area contributed by atoms with Crippen LogP contribution in [0.2, 0.25) is 0 Å². The zero-order chi connectivity index (χ0) is 18.5. The molecule has 0 bridgehead atoms. The Morgan fingerprint density at radius 2 is 2.00 bits per heavy atom. The summed E-state index contributed by atoms with van der Waals surface area (Å²) in [5.41, 5.74) is 4.53. The van der Waals surface area contributed by atoms with Gasteiger partial charge in [0.05, 0.1) is 10.7 Å². The Labute approximate surface area is 168 Å². The Balaban J connectivity index is 1.60. The highest BCUT2D eigenvalue weighted by molar-refractivity contribution is 9.11. The lowest BCUT2D eigenvalue weighted by Gasteiger charge is -2.10. The molecule has 6 heteroatoms. The molecule has 0 aliphatic rings. The molecule has 3 rings (SSSR count). The van der Waals surface area contributed by atoms with Crippen molar-refractivity contribution in [3.63, 3.8) is 0 Å². The van der Waals surface area contributed by atoms with Crippen LogP contribution in [0.4, 0.5) is 0 Å². The number of carbonyl (C=O) groups excluding carboxylic acids is 1. The number of benzene rings is 3. The third kappa shape index (κ3) is 4.71. The zero-order valence-electron chi connectivity index (χ0n) is 14.0. The monoisotopic (exact) mass is 474 g/mol. The summed E-state index contributed by atoms with van der Waals surface area (Å²) in [5, 5.41) is 6.05. The number of carbonyl (C=O) groups is 1. The van der Waals surface area contributed by atoms with Crippen molar-refractivity contribution in [2.24, 2.45) is 5.10 Å². The Hall–Kier alpha value is -2.18. The zero-order valence-corrected chi connectivity index (χ0v) is 17.2. The summed E-state index contributed by atoms with van der Waals surface area (Å²) < 4.78 is 7.44. The van der Waals surface area contributed by atoms with Crippen LogP contribution in [0, 0.1) is 6.92 Å². The number of ether oxygens (including phenoxy) is 1. The number of aryl methyl sites for hydroxylation is 1. The van der Waals surface area contributed by atoms with Crippen LogP contribution in [-0.4, -0.2) is 18.7 Å². The van der Waals surface area contributed by atoms with E-state index in [0.29, 0.717) is 5.75 Å². The van der Waals surface area contributed by atoms with Gasteiger partial charge in [-0.15, -0.1) is 0 Å². The normalized spacial score (nSPS) is 11.0. The summed E-state index contributed by atoms with van der Waals surface area (Å²) in [6, 6.07) is 17.6. The standard InChI is InChI=1S/C20H16Br2N2O2/c1-13-3-2-4-14(9-13)11-23-24-19(25)12-26-18-8-5-15-10-16(21)6-7-17(15)20(18)22/h2-11H,12H2,1H3,(H,24,25). The maximum absolute atomic E-state index is 11.9. The average Bonchev–Trinajstić information content (AvgIpc) is 2.61. The van der Waals surface area contributed by atoms with E-state index >= 15 is 0 Å². The second kappa shape index (κ2) is 8.47. The van der Waals surface area contributed by atoms with E-state index in [0.717, 1.165) is 30.8 Å². The first-order valence-corrected chi connectivity index (χ1v) is 9.51. The van der Waals surface area contributed by atoms with E-state index in [1.807, 2.05) is 61.5 Å². The molecule has 0 spiro atoms. The molecule has 3 aromatic rings. The fourth-order valence-electron chi connectivity index (χ4n) is 2.46. The topological polar surface area (TPSA) is 50.7 Å². The molecule has 0 atom stereocenters. The number of nitrogens with one attached hydrogen (secondary N) is 1. The molecule has 1 amide bonds. The van der Waals surface area contributed by atoms with E-state index in [1.165, 1.54) is 0 Å². The Kier molecular flexibility index (Phi) is 6.06. The number of hydrogen-bond acceptors (Lipinski definition) is 3. The van der Waals surface area contributed by atoms with Gasteiger partial charge in [-0.05, 0) is 57.4 Å². The number of rotatable bonds is 5. The maximum Gasteiger partial charge on any atom is 0.277 e. The molecule has 0 heterocycles. The molecule has 1 N–H and O–H groups in total. The first kappa shape index (κ1) is 18.6. The lowest BCUT2D eigenvalue weighted by molar-refractivity contribution is -0.123. The quantitative estimate of drug-likeness (QED) is 0.407. The van der Waals surface area contributed by atoms with E-state index in [9.17, 15) is 4.79 Å². The van der Waals surface area contributed by atoms with E-state index in [-0.39, 0.29) is 12.5 Å². The van der Waals surface area contributed by atoms with Crippen molar-refractivity contribution >= 4 is 54.8 Å². The molecule has 4 nitrogen and oxygen atoms in total. The van der Waals surface area contributed by atoms with Gasteiger partial charge in [0, 0.05) is 4.47 Å². The van der Waals surface area contributed by atoms with Crippen LogP contribution in [0.1, 0.15) is 11.1 Å². The number of hydrazone groups is 1. The van der Waals surface area contributed by atoms with Crippen LogP contribution in [0.5, 0.6) is 5.75 Å². The number of halogens is 2. The van der Waals surface area contributed by atoms with Crippen LogP contribution in [-0.2, 0) is 4.79 Å². The van der Waals surface area contributed by atoms with Crippen LogP contribution in [0.25, 0.3) is 10.8 Å². The summed E-state index contributed by atoms with van der Waals surface area (Å²) in [6.45, 7) is 1.88. The highest BCUT2D eigenvalue weighted by Gasteiger charge is 2.08. The molecule has 0 aliphatic carbocycles. The molecule has 0 radical (unpaired) electrons. The predicted octanol–water partition coefficient (Wildman–Crippen LogP) is 5.20. The molecule has 0 aliphatic heterocycles. The number of nitrogens with zero attached hydrogens (tertiary/aromatic N) is 1. The molecule has 0 fully saturated rings. The number of fused-ring (bicyclic) bond motifs is 1. The largest absolute Gasteiger partial charge is 0.483 e. The predicted molar refractivity (Wildman–Crippen MR) is 112 cm³/mol. The Morgan fingerprint density at radius 3 is 2.81 bits per heavy atom. The Morgan fingerprint density at radius 1 is 1.15 bits per heavy atom. The van der Waals surface area contributed by atoms with Gasteiger partial charge < -0.3 is 4.74 Å². The molecule has 132 valence electrons.